The van der Waals surface area contributed by atoms with E-state index in [4.69, 9.17) is 9.47 Å². The van der Waals surface area contributed by atoms with Crippen LogP contribution in [0.5, 0.6) is 0 Å². The van der Waals surface area contributed by atoms with Crippen molar-refractivity contribution in [2.45, 2.75) is 32.7 Å². The molecular weight excluding hydrogens is 401 g/mol. The highest BCUT2D eigenvalue weighted by Gasteiger charge is 2.25. The lowest BCUT2D eigenvalue weighted by Gasteiger charge is -2.27. The lowest BCUT2D eigenvalue weighted by atomic mass is 9.94. The Balaban J connectivity index is 2.01. The van der Waals surface area contributed by atoms with Crippen molar-refractivity contribution in [3.63, 3.8) is 0 Å². The first-order valence-corrected chi connectivity index (χ1v) is 9.75. The number of ether oxygens (including phenoxy) is 2. The molecule has 0 saturated carbocycles. The van der Waals surface area contributed by atoms with Gasteiger partial charge in [0.2, 0.25) is 0 Å². The van der Waals surface area contributed by atoms with Crippen LogP contribution in [0.4, 0.5) is 4.39 Å². The molecule has 1 N–H and O–H groups in total. The maximum Gasteiger partial charge on any atom is 0.339 e. The van der Waals surface area contributed by atoms with Crippen molar-refractivity contribution in [3.8, 4) is 0 Å². The van der Waals surface area contributed by atoms with Crippen LogP contribution in [0.25, 0.3) is 0 Å². The van der Waals surface area contributed by atoms with Crippen molar-refractivity contribution in [2.24, 2.45) is 0 Å². The standard InChI is InChI=1S/C24H26FNO5/c1-16(2)22(28)30-13-14-31-23(29)20-8-6-5-7-19(20)21(27)26-24(3,4)15-17-9-11-18(25)12-10-17/h5-12H,1,13-15H2,2-4H3,(H,26,27). The van der Waals surface area contributed by atoms with Crippen LogP contribution in [0.15, 0.2) is 60.7 Å². The molecule has 7 heteroatoms. The molecule has 0 aliphatic rings. The Bertz CT molecular complexity index is 966. The number of halogens is 1. The van der Waals surface area contributed by atoms with Crippen molar-refractivity contribution in [2.75, 3.05) is 13.2 Å². The highest BCUT2D eigenvalue weighted by molar-refractivity contribution is 6.05. The number of hydrogen-bond donors (Lipinski definition) is 1. The van der Waals surface area contributed by atoms with E-state index in [1.165, 1.54) is 31.2 Å². The number of carbonyl (C=O) groups excluding carboxylic acids is 3. The third kappa shape index (κ3) is 7.37. The van der Waals surface area contributed by atoms with Crippen molar-refractivity contribution >= 4 is 17.8 Å². The second-order valence-electron chi connectivity index (χ2n) is 7.74. The molecule has 0 atom stereocenters. The molecule has 6 nitrogen and oxygen atoms in total. The minimum Gasteiger partial charge on any atom is -0.459 e. The van der Waals surface area contributed by atoms with Gasteiger partial charge in [0.1, 0.15) is 19.0 Å². The Hall–Kier alpha value is -3.48. The molecule has 164 valence electrons. The van der Waals surface area contributed by atoms with Crippen LogP contribution in [0.1, 0.15) is 47.1 Å². The van der Waals surface area contributed by atoms with E-state index < -0.39 is 23.4 Å². The van der Waals surface area contributed by atoms with Crippen molar-refractivity contribution < 1.29 is 28.2 Å². The first-order valence-electron chi connectivity index (χ1n) is 9.75. The monoisotopic (exact) mass is 427 g/mol. The zero-order valence-electron chi connectivity index (χ0n) is 17.9. The van der Waals surface area contributed by atoms with Gasteiger partial charge in [-0.25, -0.2) is 14.0 Å². The Kier molecular flexibility index (Phi) is 8.07. The first kappa shape index (κ1) is 23.8. The molecule has 0 saturated heterocycles. The quantitative estimate of drug-likeness (QED) is 0.373. The van der Waals surface area contributed by atoms with Gasteiger partial charge in [0.25, 0.3) is 5.91 Å². The lowest BCUT2D eigenvalue weighted by molar-refractivity contribution is -0.140. The van der Waals surface area contributed by atoms with E-state index in [0.717, 1.165) is 5.56 Å². The minimum absolute atomic E-state index is 0.101. The molecule has 0 heterocycles. The van der Waals surface area contributed by atoms with Gasteiger partial charge < -0.3 is 14.8 Å². The Morgan fingerprint density at radius 3 is 2.16 bits per heavy atom. The number of esters is 2. The van der Waals surface area contributed by atoms with E-state index in [2.05, 4.69) is 11.9 Å². The summed E-state index contributed by atoms with van der Waals surface area (Å²) < 4.78 is 23.1. The normalized spacial score (nSPS) is 10.8. The third-order valence-corrected chi connectivity index (χ3v) is 4.30. The summed E-state index contributed by atoms with van der Waals surface area (Å²) in [5.41, 5.74) is 0.727. The fraction of sp³-hybridized carbons (Fsp3) is 0.292. The summed E-state index contributed by atoms with van der Waals surface area (Å²) in [6.07, 6.45) is 0.472. The van der Waals surface area contributed by atoms with Gasteiger partial charge in [-0.05, 0) is 57.0 Å². The number of nitrogens with one attached hydrogen (secondary N) is 1. The molecule has 0 spiro atoms. The highest BCUT2D eigenvalue weighted by atomic mass is 19.1. The Morgan fingerprint density at radius 1 is 0.968 bits per heavy atom. The molecule has 2 rings (SSSR count). The summed E-state index contributed by atoms with van der Waals surface area (Å²) in [6.45, 7) is 8.39. The molecule has 0 fully saturated rings. The molecule has 2 aromatic rings. The molecule has 0 aliphatic carbocycles. The largest absolute Gasteiger partial charge is 0.459 e. The van der Waals surface area contributed by atoms with Gasteiger partial charge in [-0.1, -0.05) is 30.8 Å². The number of rotatable bonds is 9. The van der Waals surface area contributed by atoms with Crippen LogP contribution in [0.2, 0.25) is 0 Å². The van der Waals surface area contributed by atoms with E-state index in [1.54, 1.807) is 24.3 Å². The van der Waals surface area contributed by atoms with Crippen LogP contribution < -0.4 is 5.32 Å². The summed E-state index contributed by atoms with van der Waals surface area (Å²) in [6, 6.07) is 12.3. The number of amides is 1. The molecule has 0 aromatic heterocycles. The van der Waals surface area contributed by atoms with Crippen LogP contribution in [-0.4, -0.2) is 36.6 Å². The van der Waals surface area contributed by atoms with Crippen LogP contribution >= 0.6 is 0 Å². The maximum atomic E-state index is 13.1. The van der Waals surface area contributed by atoms with Crippen molar-refractivity contribution in [1.29, 1.82) is 0 Å². The summed E-state index contributed by atoms with van der Waals surface area (Å²) >= 11 is 0. The topological polar surface area (TPSA) is 81.7 Å². The SMILES string of the molecule is C=C(C)C(=O)OCCOC(=O)c1ccccc1C(=O)NC(C)(C)Cc1ccc(F)cc1. The van der Waals surface area contributed by atoms with Gasteiger partial charge in [0, 0.05) is 11.1 Å². The molecular formula is C24H26FNO5. The third-order valence-electron chi connectivity index (χ3n) is 4.30. The predicted molar refractivity (Wildman–Crippen MR) is 114 cm³/mol. The van der Waals surface area contributed by atoms with E-state index >= 15 is 0 Å². The zero-order chi connectivity index (χ0) is 23.0. The molecule has 0 unspecified atom stereocenters. The van der Waals surface area contributed by atoms with Gasteiger partial charge in [-0.15, -0.1) is 0 Å². The number of benzene rings is 2. The van der Waals surface area contributed by atoms with E-state index in [9.17, 15) is 18.8 Å². The average molecular weight is 427 g/mol. The summed E-state index contributed by atoms with van der Waals surface area (Å²) in [5.74, 6) is -2.03. The second kappa shape index (κ2) is 10.5. The fourth-order valence-corrected chi connectivity index (χ4v) is 2.86. The molecule has 0 bridgehead atoms. The van der Waals surface area contributed by atoms with Crippen LogP contribution in [0, 0.1) is 5.82 Å². The Labute approximate surface area is 181 Å². The summed E-state index contributed by atoms with van der Waals surface area (Å²) in [4.78, 5) is 36.7. The van der Waals surface area contributed by atoms with Crippen molar-refractivity contribution in [1.82, 2.24) is 5.32 Å². The van der Waals surface area contributed by atoms with E-state index in [0.29, 0.717) is 6.42 Å². The number of carbonyl (C=O) groups is 3. The fourth-order valence-electron chi connectivity index (χ4n) is 2.86. The first-order chi connectivity index (χ1) is 14.6. The summed E-state index contributed by atoms with van der Waals surface area (Å²) in [5, 5.41) is 2.91. The van der Waals surface area contributed by atoms with E-state index in [1.807, 2.05) is 13.8 Å². The van der Waals surface area contributed by atoms with Gasteiger partial charge in [0.15, 0.2) is 0 Å². The Morgan fingerprint density at radius 2 is 1.55 bits per heavy atom. The van der Waals surface area contributed by atoms with Gasteiger partial charge in [-0.3, -0.25) is 4.79 Å². The van der Waals surface area contributed by atoms with Gasteiger partial charge in [-0.2, -0.15) is 0 Å². The average Bonchev–Trinajstić information content (AvgIpc) is 2.71. The summed E-state index contributed by atoms with van der Waals surface area (Å²) in [7, 11) is 0. The molecule has 31 heavy (non-hydrogen) atoms. The molecule has 1 amide bonds. The highest BCUT2D eigenvalue weighted by Crippen LogP contribution is 2.16. The molecule has 2 aromatic carbocycles. The second-order valence-corrected chi connectivity index (χ2v) is 7.74. The maximum absolute atomic E-state index is 13.1. The van der Waals surface area contributed by atoms with E-state index in [-0.39, 0.29) is 35.7 Å². The molecule has 0 radical (unpaired) electrons. The van der Waals surface area contributed by atoms with Crippen LogP contribution in [0.3, 0.4) is 0 Å². The van der Waals surface area contributed by atoms with Gasteiger partial charge >= 0.3 is 11.9 Å². The van der Waals surface area contributed by atoms with Crippen molar-refractivity contribution in [3.05, 3.63) is 83.2 Å². The smallest absolute Gasteiger partial charge is 0.339 e. The predicted octanol–water partition coefficient (Wildman–Crippen LogP) is 3.85. The molecule has 0 aliphatic heterocycles. The minimum atomic E-state index is -0.700. The van der Waals surface area contributed by atoms with Crippen LogP contribution in [-0.2, 0) is 20.7 Å². The zero-order valence-corrected chi connectivity index (χ0v) is 17.9. The number of hydrogen-bond acceptors (Lipinski definition) is 5. The lowest BCUT2D eigenvalue weighted by Crippen LogP contribution is -2.45. The van der Waals surface area contributed by atoms with Gasteiger partial charge in [0.05, 0.1) is 11.1 Å².